The van der Waals surface area contributed by atoms with Gasteiger partial charge in [-0.2, -0.15) is 0 Å². The van der Waals surface area contributed by atoms with Crippen molar-refractivity contribution in [2.45, 2.75) is 58.8 Å². The maximum atomic E-state index is 11.2. The van der Waals surface area contributed by atoms with Gasteiger partial charge in [-0.15, -0.1) is 0 Å². The maximum absolute atomic E-state index is 11.2. The topological polar surface area (TPSA) is 52.6 Å². The van der Waals surface area contributed by atoms with Gasteiger partial charge < -0.3 is 13.6 Å². The number of carbonyl (C=O) groups is 1. The molecule has 0 saturated carbocycles. The standard InChI is InChI=1S/C22H30O4/c1-17(6-4-8-18(2)12-22(23)24-3)7-5-9-19-13-21(26-16-19)14-20-10-11-25-15-20/h6,10-11,13,15-16,18H,4-5,7-9,12,14H2,1-3H3. The molecule has 0 aliphatic rings. The summed E-state index contributed by atoms with van der Waals surface area (Å²) in [7, 11) is 1.44. The molecule has 0 saturated heterocycles. The molecule has 0 fully saturated rings. The zero-order chi connectivity index (χ0) is 18.8. The van der Waals surface area contributed by atoms with Crippen LogP contribution in [0, 0.1) is 5.92 Å². The van der Waals surface area contributed by atoms with Crippen LogP contribution in [0.25, 0.3) is 0 Å². The van der Waals surface area contributed by atoms with Crippen LogP contribution in [-0.2, 0) is 22.4 Å². The van der Waals surface area contributed by atoms with Gasteiger partial charge in [-0.25, -0.2) is 0 Å². The van der Waals surface area contributed by atoms with E-state index >= 15 is 0 Å². The van der Waals surface area contributed by atoms with E-state index in [1.807, 2.05) is 12.3 Å². The van der Waals surface area contributed by atoms with Crippen molar-refractivity contribution < 1.29 is 18.4 Å². The molecule has 142 valence electrons. The van der Waals surface area contributed by atoms with Crippen molar-refractivity contribution in [3.63, 3.8) is 0 Å². The van der Waals surface area contributed by atoms with Gasteiger partial charge in [-0.1, -0.05) is 18.6 Å². The Morgan fingerprint density at radius 1 is 1.31 bits per heavy atom. The molecule has 0 aromatic carbocycles. The van der Waals surface area contributed by atoms with E-state index in [-0.39, 0.29) is 5.97 Å². The second kappa shape index (κ2) is 10.7. The third-order valence-electron chi connectivity index (χ3n) is 4.60. The average Bonchev–Trinajstić information content (AvgIpc) is 3.27. The van der Waals surface area contributed by atoms with Crippen LogP contribution >= 0.6 is 0 Å². The van der Waals surface area contributed by atoms with Crippen molar-refractivity contribution in [2.24, 2.45) is 5.92 Å². The van der Waals surface area contributed by atoms with Gasteiger partial charge in [0.2, 0.25) is 0 Å². The number of carbonyl (C=O) groups excluding carboxylic acids is 1. The molecule has 0 N–H and O–H groups in total. The molecule has 0 bridgehead atoms. The molecule has 2 aromatic heterocycles. The Labute approximate surface area is 156 Å². The molecule has 2 heterocycles. The number of hydrogen-bond donors (Lipinski definition) is 0. The second-order valence-corrected chi connectivity index (χ2v) is 7.10. The molecule has 2 aromatic rings. The van der Waals surface area contributed by atoms with Gasteiger partial charge in [-0.05, 0) is 68.2 Å². The molecule has 2 rings (SSSR count). The summed E-state index contributed by atoms with van der Waals surface area (Å²) in [5, 5.41) is 0. The van der Waals surface area contributed by atoms with Crippen LogP contribution in [0.5, 0.6) is 0 Å². The number of hydrogen-bond acceptors (Lipinski definition) is 4. The van der Waals surface area contributed by atoms with Crippen LogP contribution in [0.15, 0.2) is 51.4 Å². The molecule has 1 atom stereocenters. The molecule has 1 unspecified atom stereocenters. The van der Waals surface area contributed by atoms with Crippen LogP contribution in [0.1, 0.15) is 62.8 Å². The Morgan fingerprint density at radius 3 is 2.88 bits per heavy atom. The van der Waals surface area contributed by atoms with E-state index in [0.29, 0.717) is 12.3 Å². The zero-order valence-corrected chi connectivity index (χ0v) is 16.1. The first kappa shape index (κ1) is 20.1. The largest absolute Gasteiger partial charge is 0.472 e. The van der Waals surface area contributed by atoms with E-state index in [9.17, 15) is 4.79 Å². The molecule has 0 radical (unpaired) electrons. The minimum atomic E-state index is -0.120. The average molecular weight is 358 g/mol. The molecule has 0 spiro atoms. The summed E-state index contributed by atoms with van der Waals surface area (Å²) < 4.78 is 15.4. The minimum Gasteiger partial charge on any atom is -0.472 e. The van der Waals surface area contributed by atoms with Gasteiger partial charge in [0.05, 0.1) is 25.9 Å². The minimum absolute atomic E-state index is 0.120. The fourth-order valence-corrected chi connectivity index (χ4v) is 3.00. The highest BCUT2D eigenvalue weighted by Gasteiger charge is 2.08. The Bertz CT molecular complexity index is 679. The first-order valence-corrected chi connectivity index (χ1v) is 9.36. The number of ether oxygens (including phenoxy) is 1. The SMILES string of the molecule is COC(=O)CC(C)CCC=C(C)CCCc1coc(Cc2ccoc2)c1. The fourth-order valence-electron chi connectivity index (χ4n) is 3.00. The summed E-state index contributed by atoms with van der Waals surface area (Å²) in [4.78, 5) is 11.2. The molecule has 4 heteroatoms. The van der Waals surface area contributed by atoms with Gasteiger partial charge >= 0.3 is 5.97 Å². The van der Waals surface area contributed by atoms with Gasteiger partial charge in [0.25, 0.3) is 0 Å². The molecule has 0 aliphatic carbocycles. The lowest BCUT2D eigenvalue weighted by Gasteiger charge is -2.08. The Morgan fingerprint density at radius 2 is 2.15 bits per heavy atom. The number of methoxy groups -OCH3 is 1. The van der Waals surface area contributed by atoms with E-state index in [1.165, 1.54) is 18.2 Å². The summed E-state index contributed by atoms with van der Waals surface area (Å²) in [6.45, 7) is 4.28. The summed E-state index contributed by atoms with van der Waals surface area (Å²) in [5.41, 5.74) is 3.80. The molecule has 0 aliphatic heterocycles. The molecule has 26 heavy (non-hydrogen) atoms. The van der Waals surface area contributed by atoms with Gasteiger partial charge in [0.1, 0.15) is 5.76 Å². The second-order valence-electron chi connectivity index (χ2n) is 7.10. The third kappa shape index (κ3) is 7.34. The van der Waals surface area contributed by atoms with E-state index in [2.05, 4.69) is 26.0 Å². The highest BCUT2D eigenvalue weighted by molar-refractivity contribution is 5.69. The fraction of sp³-hybridized carbons (Fsp3) is 0.500. The predicted molar refractivity (Wildman–Crippen MR) is 102 cm³/mol. The van der Waals surface area contributed by atoms with E-state index in [1.54, 1.807) is 12.5 Å². The Hall–Kier alpha value is -2.23. The highest BCUT2D eigenvalue weighted by Crippen LogP contribution is 2.18. The van der Waals surface area contributed by atoms with Gasteiger partial charge in [-0.3, -0.25) is 4.79 Å². The molecular weight excluding hydrogens is 328 g/mol. The number of aryl methyl sites for hydroxylation is 1. The Kier molecular flexibility index (Phi) is 8.26. The summed E-state index contributed by atoms with van der Waals surface area (Å²) in [6, 6.07) is 4.10. The smallest absolute Gasteiger partial charge is 0.305 e. The molecule has 4 nitrogen and oxygen atoms in total. The monoisotopic (exact) mass is 358 g/mol. The first-order chi connectivity index (χ1) is 12.6. The molecule has 0 amide bonds. The zero-order valence-electron chi connectivity index (χ0n) is 16.1. The van der Waals surface area contributed by atoms with Crippen molar-refractivity contribution in [3.05, 3.63) is 59.5 Å². The lowest BCUT2D eigenvalue weighted by molar-refractivity contribution is -0.141. The Balaban J connectivity index is 1.64. The summed E-state index contributed by atoms with van der Waals surface area (Å²) >= 11 is 0. The number of furan rings is 2. The molecular formula is C22H30O4. The summed E-state index contributed by atoms with van der Waals surface area (Å²) in [5.74, 6) is 1.23. The quantitative estimate of drug-likeness (QED) is 0.381. The van der Waals surface area contributed by atoms with Crippen LogP contribution in [0.3, 0.4) is 0 Å². The number of esters is 1. The van der Waals surface area contributed by atoms with Crippen LogP contribution in [-0.4, -0.2) is 13.1 Å². The predicted octanol–water partition coefficient (Wildman–Crippen LogP) is 5.71. The van der Waals surface area contributed by atoms with E-state index in [4.69, 9.17) is 13.6 Å². The van der Waals surface area contributed by atoms with Crippen LogP contribution in [0.2, 0.25) is 0 Å². The van der Waals surface area contributed by atoms with Crippen LogP contribution < -0.4 is 0 Å². The van der Waals surface area contributed by atoms with Crippen molar-refractivity contribution in [1.29, 1.82) is 0 Å². The first-order valence-electron chi connectivity index (χ1n) is 9.36. The highest BCUT2D eigenvalue weighted by atomic mass is 16.5. The maximum Gasteiger partial charge on any atom is 0.305 e. The lowest BCUT2D eigenvalue weighted by Crippen LogP contribution is -2.06. The lowest BCUT2D eigenvalue weighted by atomic mass is 9.99. The van der Waals surface area contributed by atoms with Gasteiger partial charge in [0, 0.05) is 12.8 Å². The van der Waals surface area contributed by atoms with Crippen molar-refractivity contribution in [3.8, 4) is 0 Å². The van der Waals surface area contributed by atoms with E-state index < -0.39 is 0 Å². The third-order valence-corrected chi connectivity index (χ3v) is 4.60. The summed E-state index contributed by atoms with van der Waals surface area (Å²) in [6.07, 6.45) is 14.2. The number of rotatable bonds is 11. The van der Waals surface area contributed by atoms with Crippen molar-refractivity contribution in [2.75, 3.05) is 7.11 Å². The number of allylic oxidation sites excluding steroid dienone is 2. The van der Waals surface area contributed by atoms with Crippen LogP contribution in [0.4, 0.5) is 0 Å². The van der Waals surface area contributed by atoms with Crippen molar-refractivity contribution >= 4 is 5.97 Å². The van der Waals surface area contributed by atoms with Gasteiger partial charge in [0.15, 0.2) is 0 Å². The van der Waals surface area contributed by atoms with E-state index in [0.717, 1.165) is 49.8 Å². The normalized spacial score (nSPS) is 13.0. The van der Waals surface area contributed by atoms with Crippen molar-refractivity contribution in [1.82, 2.24) is 0 Å².